The maximum Gasteiger partial charge on any atom is 0.332 e. The summed E-state index contributed by atoms with van der Waals surface area (Å²) < 4.78 is 15.3. The van der Waals surface area contributed by atoms with Gasteiger partial charge in [0.15, 0.2) is 11.9 Å². The fourth-order valence-corrected chi connectivity index (χ4v) is 1.08. The van der Waals surface area contributed by atoms with E-state index in [1.807, 2.05) is 0 Å². The van der Waals surface area contributed by atoms with Gasteiger partial charge in [-0.1, -0.05) is 0 Å². The molecule has 0 aromatic carbocycles. The quantitative estimate of drug-likeness (QED) is 0.838. The van der Waals surface area contributed by atoms with Crippen LogP contribution in [0, 0.1) is 0 Å². The zero-order valence-corrected chi connectivity index (χ0v) is 8.99. The van der Waals surface area contributed by atoms with Crippen molar-refractivity contribution in [3.63, 3.8) is 0 Å². The molecule has 2 rings (SSSR count). The topological polar surface area (TPSA) is 98.6 Å². The Morgan fingerprint density at radius 3 is 3.06 bits per heavy atom. The van der Waals surface area contributed by atoms with E-state index in [1.54, 1.807) is 12.1 Å². The summed E-state index contributed by atoms with van der Waals surface area (Å²) in [5.74, 6) is -0.160. The van der Waals surface area contributed by atoms with Crippen LogP contribution < -0.4 is 0 Å². The summed E-state index contributed by atoms with van der Waals surface area (Å²) >= 11 is 0. The third-order valence-electron chi connectivity index (χ3n) is 2.00. The summed E-state index contributed by atoms with van der Waals surface area (Å²) in [6.07, 6.45) is 0.566. The van der Waals surface area contributed by atoms with Crippen molar-refractivity contribution in [1.29, 1.82) is 0 Å². The molecule has 1 N–H and O–H groups in total. The van der Waals surface area contributed by atoms with E-state index in [9.17, 15) is 4.79 Å². The van der Waals surface area contributed by atoms with Crippen molar-refractivity contribution in [1.82, 2.24) is 10.2 Å². The average molecular weight is 238 g/mol. The number of furan rings is 1. The van der Waals surface area contributed by atoms with E-state index in [2.05, 4.69) is 10.2 Å². The molecule has 0 saturated carbocycles. The van der Waals surface area contributed by atoms with Gasteiger partial charge < -0.3 is 18.7 Å². The second-order valence-corrected chi connectivity index (χ2v) is 3.27. The van der Waals surface area contributed by atoms with Gasteiger partial charge in [-0.3, -0.25) is 0 Å². The van der Waals surface area contributed by atoms with Crippen molar-refractivity contribution in [2.45, 2.75) is 19.6 Å². The molecule has 0 bridgehead atoms. The summed E-state index contributed by atoms with van der Waals surface area (Å²) in [6.45, 7) is 1.37. The van der Waals surface area contributed by atoms with E-state index in [0.717, 1.165) is 0 Å². The summed E-state index contributed by atoms with van der Waals surface area (Å²) in [5, 5.41) is 16.1. The van der Waals surface area contributed by atoms with E-state index in [1.165, 1.54) is 13.2 Å². The normalized spacial score (nSPS) is 12.5. The number of nitrogens with zero attached hydrogens (tertiary/aromatic N) is 2. The minimum Gasteiger partial charge on any atom is -0.479 e. The second kappa shape index (κ2) is 4.79. The molecule has 7 nitrogen and oxygen atoms in total. The highest BCUT2D eigenvalue weighted by Gasteiger charge is 2.15. The first-order chi connectivity index (χ1) is 8.16. The minimum atomic E-state index is -1.05. The van der Waals surface area contributed by atoms with Gasteiger partial charge in [0, 0.05) is 0 Å². The first-order valence-corrected chi connectivity index (χ1v) is 4.87. The molecule has 0 unspecified atom stereocenters. The summed E-state index contributed by atoms with van der Waals surface area (Å²) in [5.41, 5.74) is 0. The van der Waals surface area contributed by atoms with Crippen LogP contribution >= 0.6 is 0 Å². The number of aromatic nitrogens is 2. The molecule has 2 aromatic rings. The average Bonchev–Trinajstić information content (AvgIpc) is 2.95. The molecular formula is C10H10N2O5. The van der Waals surface area contributed by atoms with Crippen LogP contribution in [-0.2, 0) is 16.1 Å². The first-order valence-electron chi connectivity index (χ1n) is 4.87. The number of hydrogen-bond acceptors (Lipinski definition) is 6. The first kappa shape index (κ1) is 11.3. The van der Waals surface area contributed by atoms with Crippen LogP contribution in [-0.4, -0.2) is 27.4 Å². The van der Waals surface area contributed by atoms with E-state index in [4.69, 9.17) is 18.7 Å². The van der Waals surface area contributed by atoms with Crippen molar-refractivity contribution in [3.05, 3.63) is 24.3 Å². The standard InChI is InChI=1S/C10H10N2O5/c1-6(10(13)14)16-5-8-11-12-9(17-8)7-3-2-4-15-7/h2-4,6H,5H2,1H3,(H,13,14)/t6-/m0/s1. The molecule has 0 aliphatic rings. The molecule has 17 heavy (non-hydrogen) atoms. The molecule has 2 heterocycles. The maximum atomic E-state index is 10.5. The smallest absolute Gasteiger partial charge is 0.332 e. The van der Waals surface area contributed by atoms with Crippen LogP contribution in [0.5, 0.6) is 0 Å². The number of aliphatic carboxylic acids is 1. The molecule has 0 spiro atoms. The van der Waals surface area contributed by atoms with Gasteiger partial charge in [0.2, 0.25) is 5.89 Å². The van der Waals surface area contributed by atoms with Gasteiger partial charge >= 0.3 is 5.97 Å². The van der Waals surface area contributed by atoms with Crippen molar-refractivity contribution in [2.24, 2.45) is 0 Å². The van der Waals surface area contributed by atoms with Crippen molar-refractivity contribution in [3.8, 4) is 11.7 Å². The molecule has 0 radical (unpaired) electrons. The van der Waals surface area contributed by atoms with Crippen molar-refractivity contribution >= 4 is 5.97 Å². The molecule has 1 atom stereocenters. The SMILES string of the molecule is C[C@H](OCc1nnc(-c2ccco2)o1)C(=O)O. The highest BCUT2D eigenvalue weighted by molar-refractivity contribution is 5.71. The fourth-order valence-electron chi connectivity index (χ4n) is 1.08. The Morgan fingerprint density at radius 1 is 1.59 bits per heavy atom. The fraction of sp³-hybridized carbons (Fsp3) is 0.300. The second-order valence-electron chi connectivity index (χ2n) is 3.27. The van der Waals surface area contributed by atoms with Gasteiger partial charge in [0.1, 0.15) is 6.61 Å². The Labute approximate surface area is 96.0 Å². The van der Waals surface area contributed by atoms with Crippen LogP contribution in [0.1, 0.15) is 12.8 Å². The molecule has 7 heteroatoms. The van der Waals surface area contributed by atoms with Crippen molar-refractivity contribution < 1.29 is 23.5 Å². The monoisotopic (exact) mass is 238 g/mol. The zero-order chi connectivity index (χ0) is 12.3. The largest absolute Gasteiger partial charge is 0.479 e. The number of carbonyl (C=O) groups is 1. The lowest BCUT2D eigenvalue weighted by Gasteiger charge is -2.04. The van der Waals surface area contributed by atoms with Crippen LogP contribution in [0.15, 0.2) is 27.2 Å². The van der Waals surface area contributed by atoms with E-state index in [0.29, 0.717) is 5.76 Å². The van der Waals surface area contributed by atoms with Gasteiger partial charge in [0.25, 0.3) is 5.89 Å². The van der Waals surface area contributed by atoms with Gasteiger partial charge in [-0.05, 0) is 19.1 Å². The van der Waals surface area contributed by atoms with Crippen LogP contribution in [0.3, 0.4) is 0 Å². The van der Waals surface area contributed by atoms with E-state index >= 15 is 0 Å². The van der Waals surface area contributed by atoms with Gasteiger partial charge in [-0.15, -0.1) is 10.2 Å². The number of carboxylic acids is 1. The number of hydrogen-bond donors (Lipinski definition) is 1. The van der Waals surface area contributed by atoms with Gasteiger partial charge in [0.05, 0.1) is 6.26 Å². The molecule has 0 aliphatic carbocycles. The maximum absolute atomic E-state index is 10.5. The van der Waals surface area contributed by atoms with E-state index in [-0.39, 0.29) is 18.4 Å². The Bertz CT molecular complexity index is 491. The summed E-state index contributed by atoms with van der Waals surface area (Å²) in [6, 6.07) is 3.38. The number of rotatable bonds is 5. The lowest BCUT2D eigenvalue weighted by Crippen LogP contribution is -2.19. The summed E-state index contributed by atoms with van der Waals surface area (Å²) in [7, 11) is 0. The minimum absolute atomic E-state index is 0.0544. The molecule has 90 valence electrons. The molecular weight excluding hydrogens is 228 g/mol. The van der Waals surface area contributed by atoms with Crippen LogP contribution in [0.4, 0.5) is 0 Å². The third-order valence-corrected chi connectivity index (χ3v) is 2.00. The Hall–Kier alpha value is -2.15. The molecule has 0 fully saturated rings. The molecule has 0 amide bonds. The number of ether oxygens (including phenoxy) is 1. The number of carboxylic acid groups (broad SMARTS) is 1. The highest BCUT2D eigenvalue weighted by atomic mass is 16.5. The Morgan fingerprint density at radius 2 is 2.41 bits per heavy atom. The van der Waals surface area contributed by atoms with Gasteiger partial charge in [-0.2, -0.15) is 0 Å². The summed E-state index contributed by atoms with van der Waals surface area (Å²) in [4.78, 5) is 10.5. The Kier molecular flexibility index (Phi) is 3.20. The van der Waals surface area contributed by atoms with Gasteiger partial charge in [-0.25, -0.2) is 4.79 Å². The lowest BCUT2D eigenvalue weighted by molar-refractivity contribution is -0.150. The predicted octanol–water partition coefficient (Wildman–Crippen LogP) is 1.32. The lowest BCUT2D eigenvalue weighted by atomic mass is 10.4. The van der Waals surface area contributed by atoms with Crippen molar-refractivity contribution in [2.75, 3.05) is 0 Å². The predicted molar refractivity (Wildman–Crippen MR) is 53.9 cm³/mol. The van der Waals surface area contributed by atoms with Crippen LogP contribution in [0.25, 0.3) is 11.7 Å². The highest BCUT2D eigenvalue weighted by Crippen LogP contribution is 2.18. The zero-order valence-electron chi connectivity index (χ0n) is 8.99. The van der Waals surface area contributed by atoms with E-state index < -0.39 is 12.1 Å². The molecule has 0 aliphatic heterocycles. The van der Waals surface area contributed by atoms with Crippen LogP contribution in [0.2, 0.25) is 0 Å². The Balaban J connectivity index is 1.97. The molecule has 2 aromatic heterocycles. The third kappa shape index (κ3) is 2.70. The molecule has 0 saturated heterocycles.